The van der Waals surface area contributed by atoms with Crippen LogP contribution in [0, 0.1) is 0 Å². The van der Waals surface area contributed by atoms with Crippen LogP contribution in [0.15, 0.2) is 115 Å². The van der Waals surface area contributed by atoms with Crippen molar-refractivity contribution in [3.8, 4) is 11.1 Å². The number of aliphatic hydroxyl groups is 1. The number of hydrogen-bond donors (Lipinski definition) is 2. The van der Waals surface area contributed by atoms with Crippen molar-refractivity contribution in [3.63, 3.8) is 0 Å². The molecule has 0 spiro atoms. The summed E-state index contributed by atoms with van der Waals surface area (Å²) in [6, 6.07) is 40.0. The smallest absolute Gasteiger partial charge is 0.217 e. The van der Waals surface area contributed by atoms with Crippen LogP contribution in [-0.2, 0) is 27.4 Å². The highest BCUT2D eigenvalue weighted by Gasteiger charge is 2.33. The fourth-order valence-electron chi connectivity index (χ4n) is 6.15. The Kier molecular flexibility index (Phi) is 9.91. The maximum absolute atomic E-state index is 11.4. The lowest BCUT2D eigenvalue weighted by Gasteiger charge is -2.39. The van der Waals surface area contributed by atoms with Gasteiger partial charge in [-0.3, -0.25) is 9.69 Å². The molecule has 0 aliphatic carbocycles. The summed E-state index contributed by atoms with van der Waals surface area (Å²) in [5.41, 5.74) is 7.42. The number of hydrogen-bond acceptors (Lipinski definition) is 5. The second kappa shape index (κ2) is 14.4. The molecule has 6 nitrogen and oxygen atoms in total. The molecule has 1 saturated heterocycles. The predicted molar refractivity (Wildman–Crippen MR) is 183 cm³/mol. The van der Waals surface area contributed by atoms with Crippen molar-refractivity contribution < 1.29 is 19.4 Å². The largest absolute Gasteiger partial charge is 0.392 e. The van der Waals surface area contributed by atoms with Gasteiger partial charge in [-0.2, -0.15) is 0 Å². The number of ether oxygens (including phenoxy) is 2. The van der Waals surface area contributed by atoms with Gasteiger partial charge in [0.25, 0.3) is 0 Å². The monoisotopic (exact) mass is 614 g/mol. The van der Waals surface area contributed by atoms with Crippen LogP contribution >= 0.6 is 0 Å². The average Bonchev–Trinajstić information content (AvgIpc) is 3.10. The van der Waals surface area contributed by atoms with Gasteiger partial charge in [0.2, 0.25) is 5.91 Å². The zero-order valence-electron chi connectivity index (χ0n) is 26.7. The number of nitrogens with one attached hydrogen (secondary N) is 1. The lowest BCUT2D eigenvalue weighted by molar-refractivity contribution is -0.253. The van der Waals surface area contributed by atoms with Crippen molar-refractivity contribution in [1.82, 2.24) is 10.2 Å². The van der Waals surface area contributed by atoms with E-state index in [0.29, 0.717) is 6.54 Å². The fraction of sp³-hybridized carbons (Fsp3) is 0.275. The first kappa shape index (κ1) is 31.6. The molecular formula is C40H42N2O4. The van der Waals surface area contributed by atoms with Gasteiger partial charge in [-0.25, -0.2) is 0 Å². The van der Waals surface area contributed by atoms with Crippen molar-refractivity contribution >= 4 is 16.7 Å². The molecule has 6 heteroatoms. The first-order chi connectivity index (χ1) is 22.4. The zero-order chi connectivity index (χ0) is 32.0. The van der Waals surface area contributed by atoms with Crippen LogP contribution in [0.5, 0.6) is 0 Å². The van der Waals surface area contributed by atoms with Gasteiger partial charge < -0.3 is 19.9 Å². The minimum Gasteiger partial charge on any atom is -0.392 e. The van der Waals surface area contributed by atoms with Crippen LogP contribution in [0.25, 0.3) is 21.9 Å². The van der Waals surface area contributed by atoms with Crippen LogP contribution < -0.4 is 5.32 Å². The number of likely N-dealkylation sites (N-methyl/N-ethyl adjacent to an activating group) is 1. The molecule has 0 aromatic heterocycles. The highest BCUT2D eigenvalue weighted by atomic mass is 16.7. The van der Waals surface area contributed by atoms with Crippen LogP contribution in [0.4, 0.5) is 0 Å². The zero-order valence-corrected chi connectivity index (χ0v) is 26.7. The molecule has 0 radical (unpaired) electrons. The number of fused-ring (bicyclic) bond motifs is 1. The molecule has 4 atom stereocenters. The molecular weight excluding hydrogens is 572 g/mol. The molecule has 1 heterocycles. The summed E-state index contributed by atoms with van der Waals surface area (Å²) in [6.07, 6.45) is -0.000703. The number of amides is 1. The Hall–Kier alpha value is -4.33. The number of aliphatic hydroxyl groups excluding tert-OH is 1. The molecule has 6 rings (SSSR count). The third-order valence-corrected chi connectivity index (χ3v) is 9.01. The van der Waals surface area contributed by atoms with Gasteiger partial charge in [-0.1, -0.05) is 103 Å². The van der Waals surface area contributed by atoms with Gasteiger partial charge in [0.05, 0.1) is 18.8 Å². The summed E-state index contributed by atoms with van der Waals surface area (Å²) in [5, 5.41) is 14.9. The highest BCUT2D eigenvalue weighted by molar-refractivity contribution is 5.83. The Labute approximate surface area is 271 Å². The predicted octanol–water partition coefficient (Wildman–Crippen LogP) is 7.87. The van der Waals surface area contributed by atoms with E-state index in [4.69, 9.17) is 9.47 Å². The number of rotatable bonds is 10. The third kappa shape index (κ3) is 7.54. The number of carbonyl (C=O) groups excluding carboxylic acids is 1. The van der Waals surface area contributed by atoms with Crippen LogP contribution in [-0.4, -0.2) is 35.6 Å². The van der Waals surface area contributed by atoms with E-state index >= 15 is 0 Å². The maximum atomic E-state index is 11.4. The van der Waals surface area contributed by atoms with Crippen LogP contribution in [0.2, 0.25) is 0 Å². The lowest BCUT2D eigenvalue weighted by Crippen LogP contribution is -2.38. The van der Waals surface area contributed by atoms with Crippen molar-refractivity contribution in [2.45, 2.75) is 58.0 Å². The molecule has 236 valence electrons. The molecule has 0 bridgehead atoms. The topological polar surface area (TPSA) is 71.0 Å². The first-order valence-electron chi connectivity index (χ1n) is 16.0. The van der Waals surface area contributed by atoms with E-state index in [-0.39, 0.29) is 30.8 Å². The van der Waals surface area contributed by atoms with E-state index < -0.39 is 6.29 Å². The van der Waals surface area contributed by atoms with Gasteiger partial charge in [0.1, 0.15) is 0 Å². The van der Waals surface area contributed by atoms with Crippen LogP contribution in [0.1, 0.15) is 66.5 Å². The SMILES string of the molecule is CC(=O)NCc1cccc(-c2ccc([C@@H]3O[C@H](CN(C)[C@H](C)c4ccc5ccccc5c4)C[C@H](c4ccc(CO)cc4)O3)cc2)c1. The van der Waals surface area contributed by atoms with E-state index in [1.807, 2.05) is 36.4 Å². The van der Waals surface area contributed by atoms with Gasteiger partial charge in [0, 0.05) is 38.0 Å². The van der Waals surface area contributed by atoms with Gasteiger partial charge >= 0.3 is 0 Å². The summed E-state index contributed by atoms with van der Waals surface area (Å²) in [4.78, 5) is 13.7. The summed E-state index contributed by atoms with van der Waals surface area (Å²) < 4.78 is 13.3. The molecule has 0 saturated carbocycles. The number of nitrogens with zero attached hydrogens (tertiary/aromatic N) is 1. The molecule has 2 N–H and O–H groups in total. The Bertz CT molecular complexity index is 1770. The Balaban J connectivity index is 1.21. The molecule has 1 aliphatic rings. The highest BCUT2D eigenvalue weighted by Crippen LogP contribution is 2.39. The molecule has 1 amide bonds. The summed E-state index contributed by atoms with van der Waals surface area (Å²) in [6.45, 7) is 5.04. The van der Waals surface area contributed by atoms with Crippen LogP contribution in [0.3, 0.4) is 0 Å². The molecule has 5 aromatic carbocycles. The van der Waals surface area contributed by atoms with Crippen molar-refractivity contribution in [2.75, 3.05) is 13.6 Å². The number of carbonyl (C=O) groups is 1. The van der Waals surface area contributed by atoms with E-state index in [1.165, 1.54) is 23.3 Å². The quantitative estimate of drug-likeness (QED) is 0.168. The first-order valence-corrected chi connectivity index (χ1v) is 16.0. The van der Waals surface area contributed by atoms with E-state index in [1.54, 1.807) is 0 Å². The normalized spacial score (nSPS) is 18.8. The van der Waals surface area contributed by atoms with E-state index in [0.717, 1.165) is 46.3 Å². The van der Waals surface area contributed by atoms with Crippen molar-refractivity contribution in [1.29, 1.82) is 0 Å². The molecule has 1 aliphatic heterocycles. The van der Waals surface area contributed by atoms with Gasteiger partial charge in [-0.05, 0) is 70.3 Å². The fourth-order valence-corrected chi connectivity index (χ4v) is 6.15. The van der Waals surface area contributed by atoms with Crippen molar-refractivity contribution in [3.05, 3.63) is 143 Å². The second-order valence-corrected chi connectivity index (χ2v) is 12.3. The summed E-state index contributed by atoms with van der Waals surface area (Å²) in [5.74, 6) is -0.0440. The van der Waals surface area contributed by atoms with Gasteiger partial charge in [-0.15, -0.1) is 0 Å². The number of benzene rings is 5. The summed E-state index contributed by atoms with van der Waals surface area (Å²) in [7, 11) is 2.16. The van der Waals surface area contributed by atoms with E-state index in [2.05, 4.69) is 103 Å². The minimum atomic E-state index is -0.522. The third-order valence-electron chi connectivity index (χ3n) is 9.01. The standard InChI is InChI=1S/C40H42N2O4/c1-27(35-20-17-31-8-4-5-9-37(31)22-35)42(3)25-38-23-39(33-13-11-29(26-43)12-14-33)46-40(45-38)34-18-15-32(16-19-34)36-10-6-7-30(21-36)24-41-28(2)44/h4-22,27,38-40,43H,23-26H2,1-3H3,(H,41,44)/t27-,38+,39-,40-/m1/s1. The molecule has 0 unspecified atom stereocenters. The van der Waals surface area contributed by atoms with E-state index in [9.17, 15) is 9.90 Å². The second-order valence-electron chi connectivity index (χ2n) is 12.3. The molecule has 1 fully saturated rings. The molecule has 5 aromatic rings. The Morgan fingerprint density at radius 2 is 1.57 bits per heavy atom. The Morgan fingerprint density at radius 3 is 2.30 bits per heavy atom. The lowest BCUT2D eigenvalue weighted by atomic mass is 9.98. The average molecular weight is 615 g/mol. The maximum Gasteiger partial charge on any atom is 0.217 e. The Morgan fingerprint density at radius 1 is 0.826 bits per heavy atom. The van der Waals surface area contributed by atoms with Gasteiger partial charge in [0.15, 0.2) is 6.29 Å². The minimum absolute atomic E-state index is 0.0140. The van der Waals surface area contributed by atoms with Crippen molar-refractivity contribution in [2.24, 2.45) is 0 Å². The molecule has 46 heavy (non-hydrogen) atoms. The summed E-state index contributed by atoms with van der Waals surface area (Å²) >= 11 is 0.